The van der Waals surface area contributed by atoms with E-state index in [-0.39, 0.29) is 13.0 Å². The molecule has 0 spiro atoms. The Morgan fingerprint density at radius 2 is 1.67 bits per heavy atom. The molecule has 1 aliphatic heterocycles. The Labute approximate surface area is 202 Å². The number of alkyl halides is 6. The Morgan fingerprint density at radius 1 is 1.08 bits per heavy atom. The number of hydrogen-bond donors (Lipinski definition) is 1. The fraction of sp³-hybridized carbons (Fsp3) is 0.619. The number of likely N-dealkylation sites (tertiary alicyclic amines) is 1. The van der Waals surface area contributed by atoms with Crippen LogP contribution in [0, 0.1) is 11.8 Å². The topological polar surface area (TPSA) is 109 Å². The molecule has 204 valence electrons. The van der Waals surface area contributed by atoms with Gasteiger partial charge in [0.1, 0.15) is 5.60 Å². The number of rotatable bonds is 3. The number of amides is 2. The number of carbonyl (C=O) groups is 3. The fourth-order valence-electron chi connectivity index (χ4n) is 3.05. The first kappa shape index (κ1) is 30.9. The van der Waals surface area contributed by atoms with E-state index in [0.717, 1.165) is 16.2 Å². The number of carboxylic acid groups (broad SMARTS) is 1. The minimum absolute atomic E-state index is 0.131. The van der Waals surface area contributed by atoms with E-state index in [4.69, 9.17) is 14.7 Å². The van der Waals surface area contributed by atoms with Gasteiger partial charge in [-0.1, -0.05) is 0 Å². The van der Waals surface area contributed by atoms with Gasteiger partial charge >= 0.3 is 24.4 Å². The maximum absolute atomic E-state index is 13.1. The smallest absolute Gasteiger partial charge is 0.417 e. The minimum Gasteiger partial charge on any atom is -0.478 e. The van der Waals surface area contributed by atoms with Crippen molar-refractivity contribution in [2.24, 2.45) is 11.8 Å². The van der Waals surface area contributed by atoms with Crippen LogP contribution >= 0.6 is 0 Å². The molecule has 2 unspecified atom stereocenters. The predicted octanol–water partition coefficient (Wildman–Crippen LogP) is 4.24. The molecule has 2 atom stereocenters. The number of hydrogen-bond acceptors (Lipinski definition) is 6. The lowest BCUT2D eigenvalue weighted by atomic mass is 9.88. The molecule has 0 saturated carbocycles. The molecule has 9 nitrogen and oxygen atoms in total. The second kappa shape index (κ2) is 11.8. The normalized spacial score (nSPS) is 18.6. The van der Waals surface area contributed by atoms with Gasteiger partial charge in [-0.25, -0.2) is 14.7 Å². The summed E-state index contributed by atoms with van der Waals surface area (Å²) >= 11 is 0. The number of hydroxylamine groups is 2. The lowest BCUT2D eigenvalue weighted by Gasteiger charge is -2.39. The van der Waals surface area contributed by atoms with Gasteiger partial charge in [0.15, 0.2) is 0 Å². The van der Waals surface area contributed by atoms with Crippen LogP contribution in [0.2, 0.25) is 0 Å². The van der Waals surface area contributed by atoms with Crippen molar-refractivity contribution >= 4 is 18.0 Å². The summed E-state index contributed by atoms with van der Waals surface area (Å²) in [5, 5.41) is 9.24. The molecule has 1 aromatic heterocycles. The van der Waals surface area contributed by atoms with Crippen LogP contribution < -0.4 is 0 Å². The molecule has 2 amide bonds. The van der Waals surface area contributed by atoms with Crippen LogP contribution in [0.15, 0.2) is 18.5 Å². The Hall–Kier alpha value is -3.10. The maximum atomic E-state index is 13.1. The van der Waals surface area contributed by atoms with Crippen LogP contribution in [0.5, 0.6) is 0 Å². The molecular weight excluding hydrogens is 504 g/mol. The summed E-state index contributed by atoms with van der Waals surface area (Å²) in [5.74, 6) is -4.80. The van der Waals surface area contributed by atoms with E-state index in [1.54, 1.807) is 20.8 Å². The van der Waals surface area contributed by atoms with Crippen molar-refractivity contribution in [3.8, 4) is 0 Å². The van der Waals surface area contributed by atoms with Crippen molar-refractivity contribution in [1.29, 1.82) is 0 Å². The van der Waals surface area contributed by atoms with Crippen molar-refractivity contribution in [3.63, 3.8) is 0 Å². The Balaban J connectivity index is 0.000000420. The minimum atomic E-state index is -4.56. The summed E-state index contributed by atoms with van der Waals surface area (Å²) in [5.41, 5.74) is -2.37. The van der Waals surface area contributed by atoms with Gasteiger partial charge in [-0.3, -0.25) is 14.6 Å². The third-order valence-electron chi connectivity index (χ3n) is 4.81. The van der Waals surface area contributed by atoms with Crippen LogP contribution in [0.3, 0.4) is 0 Å². The standard InChI is InChI=1S/C14H23F3N2O4.C7H4F3NO2/c1-13(2,3)23-12(21)19-7-9(11(20)18(4)22-5)6-10(8-19)14(15,16)17;8-7(9,10)5-1-4(6(12)13)2-11-3-5/h9-10H,6-8H2,1-5H3;1-3H,(H,12,13). The Kier molecular flexibility index (Phi) is 10.1. The summed E-state index contributed by atoms with van der Waals surface area (Å²) in [6.07, 6.45) is -8.85. The predicted molar refractivity (Wildman–Crippen MR) is 111 cm³/mol. The summed E-state index contributed by atoms with van der Waals surface area (Å²) in [6, 6.07) is 0.537. The molecule has 2 rings (SSSR count). The molecule has 0 aliphatic carbocycles. The Morgan fingerprint density at radius 3 is 2.11 bits per heavy atom. The molecular formula is C21H27F6N3O6. The van der Waals surface area contributed by atoms with E-state index >= 15 is 0 Å². The van der Waals surface area contributed by atoms with Crippen molar-refractivity contribution in [1.82, 2.24) is 14.9 Å². The van der Waals surface area contributed by atoms with E-state index in [9.17, 15) is 40.7 Å². The molecule has 2 heterocycles. The zero-order chi connectivity index (χ0) is 28.1. The summed E-state index contributed by atoms with van der Waals surface area (Å²) < 4.78 is 80.4. The van der Waals surface area contributed by atoms with E-state index in [1.165, 1.54) is 14.2 Å². The van der Waals surface area contributed by atoms with Crippen LogP contribution in [-0.4, -0.2) is 77.0 Å². The second-order valence-electron chi connectivity index (χ2n) is 8.84. The van der Waals surface area contributed by atoms with Gasteiger partial charge in [0, 0.05) is 32.5 Å². The van der Waals surface area contributed by atoms with Crippen LogP contribution in [0.1, 0.15) is 43.1 Å². The van der Waals surface area contributed by atoms with E-state index in [1.807, 2.05) is 0 Å². The quantitative estimate of drug-likeness (QED) is 0.459. The lowest BCUT2D eigenvalue weighted by molar-refractivity contribution is -0.198. The third kappa shape index (κ3) is 9.51. The molecule has 0 radical (unpaired) electrons. The van der Waals surface area contributed by atoms with Crippen molar-refractivity contribution < 1.29 is 55.4 Å². The molecule has 0 bridgehead atoms. The van der Waals surface area contributed by atoms with Crippen LogP contribution in [0.25, 0.3) is 0 Å². The van der Waals surface area contributed by atoms with Crippen molar-refractivity contribution in [3.05, 3.63) is 29.6 Å². The van der Waals surface area contributed by atoms with Gasteiger partial charge in [0.2, 0.25) is 0 Å². The van der Waals surface area contributed by atoms with Gasteiger partial charge in [0.05, 0.1) is 30.1 Å². The zero-order valence-corrected chi connectivity index (χ0v) is 20.1. The number of halogens is 6. The highest BCUT2D eigenvalue weighted by atomic mass is 19.4. The first-order chi connectivity index (χ1) is 16.3. The zero-order valence-electron chi connectivity index (χ0n) is 20.1. The van der Waals surface area contributed by atoms with Gasteiger partial charge in [-0.2, -0.15) is 26.3 Å². The van der Waals surface area contributed by atoms with Crippen LogP contribution in [-0.2, 0) is 20.5 Å². The first-order valence-corrected chi connectivity index (χ1v) is 10.4. The number of nitrogens with zero attached hydrogens (tertiary/aromatic N) is 3. The number of aromatic carboxylic acids is 1. The van der Waals surface area contributed by atoms with Gasteiger partial charge < -0.3 is 14.7 Å². The molecule has 1 aliphatic rings. The Bertz CT molecular complexity index is 932. The summed E-state index contributed by atoms with van der Waals surface area (Å²) in [7, 11) is 2.56. The van der Waals surface area contributed by atoms with E-state index in [0.29, 0.717) is 12.3 Å². The summed E-state index contributed by atoms with van der Waals surface area (Å²) in [4.78, 5) is 43.3. The third-order valence-corrected chi connectivity index (χ3v) is 4.81. The average Bonchev–Trinajstić information content (AvgIpc) is 2.76. The molecule has 15 heteroatoms. The molecule has 1 saturated heterocycles. The molecule has 36 heavy (non-hydrogen) atoms. The van der Waals surface area contributed by atoms with Gasteiger partial charge in [-0.05, 0) is 33.3 Å². The van der Waals surface area contributed by atoms with Gasteiger partial charge in [0.25, 0.3) is 5.91 Å². The second-order valence-corrected chi connectivity index (χ2v) is 8.84. The number of carboxylic acids is 1. The molecule has 1 fully saturated rings. The highest BCUT2D eigenvalue weighted by Gasteiger charge is 2.48. The van der Waals surface area contributed by atoms with Gasteiger partial charge in [-0.15, -0.1) is 0 Å². The highest BCUT2D eigenvalue weighted by Crippen LogP contribution is 2.36. The van der Waals surface area contributed by atoms with E-state index in [2.05, 4.69) is 4.98 Å². The molecule has 1 N–H and O–H groups in total. The van der Waals surface area contributed by atoms with Crippen molar-refractivity contribution in [2.45, 2.75) is 45.1 Å². The van der Waals surface area contributed by atoms with Crippen molar-refractivity contribution in [2.75, 3.05) is 27.2 Å². The monoisotopic (exact) mass is 531 g/mol. The van der Waals surface area contributed by atoms with E-state index < -0.39 is 65.4 Å². The average molecular weight is 531 g/mol. The highest BCUT2D eigenvalue weighted by molar-refractivity contribution is 5.87. The molecule has 1 aromatic rings. The molecule has 0 aromatic carbocycles. The fourth-order valence-corrected chi connectivity index (χ4v) is 3.05. The number of carbonyl (C=O) groups excluding carboxylic acids is 2. The largest absolute Gasteiger partial charge is 0.478 e. The maximum Gasteiger partial charge on any atom is 0.417 e. The lowest BCUT2D eigenvalue weighted by Crippen LogP contribution is -2.52. The first-order valence-electron chi connectivity index (χ1n) is 10.4. The van der Waals surface area contributed by atoms with Crippen LogP contribution in [0.4, 0.5) is 31.1 Å². The SMILES string of the molecule is CON(C)C(=O)C1CC(C(F)(F)F)CN(C(=O)OC(C)(C)C)C1.O=C(O)c1cncc(C(F)(F)F)c1. The number of aromatic nitrogens is 1. The number of piperidine rings is 1. The number of pyridine rings is 1. The summed E-state index contributed by atoms with van der Waals surface area (Å²) in [6.45, 7) is 4.22. The number of ether oxygens (including phenoxy) is 1.